The quantitative estimate of drug-likeness (QED) is 0.586. The molecule has 1 aliphatic rings. The van der Waals surface area contributed by atoms with Gasteiger partial charge in [0.1, 0.15) is 5.75 Å². The number of rotatable bonds is 1. The van der Waals surface area contributed by atoms with Crippen LogP contribution in [0.5, 0.6) is 5.75 Å². The van der Waals surface area contributed by atoms with Crippen molar-refractivity contribution in [2.45, 2.75) is 19.9 Å². The summed E-state index contributed by atoms with van der Waals surface area (Å²) in [6.45, 7) is 3.31. The van der Waals surface area contributed by atoms with Gasteiger partial charge in [-0.25, -0.2) is 0 Å². The van der Waals surface area contributed by atoms with Crippen molar-refractivity contribution in [3.63, 3.8) is 0 Å². The minimum Gasteiger partial charge on any atom is -0.427 e. The normalized spacial score (nSPS) is 13.7. The number of benzene rings is 1. The Kier molecular flexibility index (Phi) is 4.12. The summed E-state index contributed by atoms with van der Waals surface area (Å²) in [5.41, 5.74) is 2.58. The molecule has 0 amide bonds. The maximum atomic E-state index is 10.7. The third-order valence-electron chi connectivity index (χ3n) is 2.33. The highest BCUT2D eigenvalue weighted by Gasteiger charge is 2.09. The number of esters is 1. The summed E-state index contributed by atoms with van der Waals surface area (Å²) in [5.74, 6) is 0.369. The predicted molar refractivity (Wildman–Crippen MR) is 60.4 cm³/mol. The molecular weight excluding hydrogens is 214 g/mol. The maximum Gasteiger partial charge on any atom is 0.308 e. The number of hydrogen-bond acceptors (Lipinski definition) is 3. The van der Waals surface area contributed by atoms with Crippen molar-refractivity contribution in [2.24, 2.45) is 0 Å². The van der Waals surface area contributed by atoms with E-state index in [1.807, 2.05) is 18.2 Å². The first-order chi connectivity index (χ1) is 6.75. The van der Waals surface area contributed by atoms with E-state index in [0.717, 1.165) is 19.5 Å². The second-order valence-corrected chi connectivity index (χ2v) is 3.45. The zero-order valence-corrected chi connectivity index (χ0v) is 9.39. The van der Waals surface area contributed by atoms with Crippen LogP contribution in [-0.4, -0.2) is 12.5 Å². The van der Waals surface area contributed by atoms with Crippen molar-refractivity contribution < 1.29 is 9.53 Å². The first kappa shape index (κ1) is 12.0. The number of carbonyl (C=O) groups excluding carboxylic acids is 1. The van der Waals surface area contributed by atoms with Gasteiger partial charge in [0.05, 0.1) is 0 Å². The standard InChI is InChI=1S/C11H13NO2.ClH/c1-8(13)14-11-3-2-9-4-5-12-7-10(9)6-11;/h2-3,6,12H,4-5,7H2,1H3;1H. The molecule has 1 N–H and O–H groups in total. The summed E-state index contributed by atoms with van der Waals surface area (Å²) in [6.07, 6.45) is 1.05. The summed E-state index contributed by atoms with van der Waals surface area (Å²) < 4.78 is 5.01. The van der Waals surface area contributed by atoms with Crippen LogP contribution in [0.3, 0.4) is 0 Å². The molecule has 0 saturated heterocycles. The molecule has 3 nitrogen and oxygen atoms in total. The summed E-state index contributed by atoms with van der Waals surface area (Å²) in [5, 5.41) is 3.28. The molecule has 0 spiro atoms. The minimum absolute atomic E-state index is 0. The van der Waals surface area contributed by atoms with E-state index >= 15 is 0 Å². The number of carbonyl (C=O) groups is 1. The third-order valence-corrected chi connectivity index (χ3v) is 2.33. The average molecular weight is 228 g/mol. The van der Waals surface area contributed by atoms with Gasteiger partial charge in [0.2, 0.25) is 0 Å². The number of hydrogen-bond donors (Lipinski definition) is 1. The minimum atomic E-state index is -0.270. The smallest absolute Gasteiger partial charge is 0.308 e. The van der Waals surface area contributed by atoms with Crippen molar-refractivity contribution in [3.8, 4) is 5.75 Å². The fraction of sp³-hybridized carbons (Fsp3) is 0.364. The lowest BCUT2D eigenvalue weighted by Crippen LogP contribution is -2.23. The summed E-state index contributed by atoms with van der Waals surface area (Å²) >= 11 is 0. The van der Waals surface area contributed by atoms with Crippen molar-refractivity contribution in [1.82, 2.24) is 5.32 Å². The molecular formula is C11H14ClNO2. The Hall–Kier alpha value is -1.06. The number of ether oxygens (including phenoxy) is 1. The molecule has 0 radical (unpaired) electrons. The van der Waals surface area contributed by atoms with Crippen LogP contribution in [0.25, 0.3) is 0 Å². The molecule has 1 aromatic carbocycles. The lowest BCUT2D eigenvalue weighted by Gasteiger charge is -2.17. The fourth-order valence-corrected chi connectivity index (χ4v) is 1.69. The summed E-state index contributed by atoms with van der Waals surface area (Å²) in [7, 11) is 0. The van der Waals surface area contributed by atoms with E-state index in [4.69, 9.17) is 4.74 Å². The molecule has 0 aliphatic carbocycles. The lowest BCUT2D eigenvalue weighted by molar-refractivity contribution is -0.131. The van der Waals surface area contributed by atoms with Crippen LogP contribution in [0.2, 0.25) is 0 Å². The van der Waals surface area contributed by atoms with Gasteiger partial charge in [-0.3, -0.25) is 4.79 Å². The Morgan fingerprint density at radius 1 is 1.40 bits per heavy atom. The SMILES string of the molecule is CC(=O)Oc1ccc2c(c1)CNCC2.Cl. The molecule has 0 atom stereocenters. The lowest BCUT2D eigenvalue weighted by atomic mass is 10.0. The maximum absolute atomic E-state index is 10.7. The van der Waals surface area contributed by atoms with Crippen LogP contribution in [-0.2, 0) is 17.8 Å². The van der Waals surface area contributed by atoms with E-state index in [-0.39, 0.29) is 18.4 Å². The Labute approximate surface area is 95.2 Å². The predicted octanol–water partition coefficient (Wildman–Crippen LogP) is 1.68. The monoisotopic (exact) mass is 227 g/mol. The van der Waals surface area contributed by atoms with E-state index in [1.165, 1.54) is 18.1 Å². The van der Waals surface area contributed by atoms with Gasteiger partial charge in [0, 0.05) is 13.5 Å². The average Bonchev–Trinajstić information content (AvgIpc) is 2.17. The number of halogens is 1. The van der Waals surface area contributed by atoms with Gasteiger partial charge >= 0.3 is 5.97 Å². The van der Waals surface area contributed by atoms with Crippen LogP contribution < -0.4 is 10.1 Å². The van der Waals surface area contributed by atoms with E-state index in [9.17, 15) is 4.79 Å². The van der Waals surface area contributed by atoms with E-state index in [2.05, 4.69) is 5.32 Å². The molecule has 0 unspecified atom stereocenters. The molecule has 1 heterocycles. The van der Waals surface area contributed by atoms with Gasteiger partial charge in [-0.15, -0.1) is 12.4 Å². The van der Waals surface area contributed by atoms with E-state index < -0.39 is 0 Å². The highest BCUT2D eigenvalue weighted by molar-refractivity contribution is 5.85. The van der Waals surface area contributed by atoms with Gasteiger partial charge in [-0.1, -0.05) is 6.07 Å². The van der Waals surface area contributed by atoms with Crippen molar-refractivity contribution >= 4 is 18.4 Å². The second-order valence-electron chi connectivity index (χ2n) is 3.45. The second kappa shape index (κ2) is 5.14. The van der Waals surface area contributed by atoms with Crippen molar-refractivity contribution in [1.29, 1.82) is 0 Å². The van der Waals surface area contributed by atoms with Crippen LogP contribution in [0.15, 0.2) is 18.2 Å². The summed E-state index contributed by atoms with van der Waals surface area (Å²) in [6, 6.07) is 5.82. The van der Waals surface area contributed by atoms with Gasteiger partial charge in [0.25, 0.3) is 0 Å². The Bertz CT molecular complexity index is 366. The highest BCUT2D eigenvalue weighted by Crippen LogP contribution is 2.20. The molecule has 82 valence electrons. The summed E-state index contributed by atoms with van der Waals surface area (Å²) in [4.78, 5) is 10.7. The van der Waals surface area contributed by atoms with Crippen molar-refractivity contribution in [3.05, 3.63) is 29.3 Å². The van der Waals surface area contributed by atoms with Crippen LogP contribution >= 0.6 is 12.4 Å². The molecule has 0 aromatic heterocycles. The van der Waals surface area contributed by atoms with Crippen molar-refractivity contribution in [2.75, 3.05) is 6.54 Å². The van der Waals surface area contributed by atoms with E-state index in [1.54, 1.807) is 0 Å². The van der Waals surface area contributed by atoms with Gasteiger partial charge < -0.3 is 10.1 Å². The zero-order chi connectivity index (χ0) is 9.97. The van der Waals surface area contributed by atoms with Crippen LogP contribution in [0.1, 0.15) is 18.1 Å². The first-order valence-corrected chi connectivity index (χ1v) is 4.76. The molecule has 0 fully saturated rings. The first-order valence-electron chi connectivity index (χ1n) is 4.76. The molecule has 1 aromatic rings. The highest BCUT2D eigenvalue weighted by atomic mass is 35.5. The van der Waals surface area contributed by atoms with Gasteiger partial charge in [0.15, 0.2) is 0 Å². The van der Waals surface area contributed by atoms with Gasteiger partial charge in [-0.2, -0.15) is 0 Å². The zero-order valence-electron chi connectivity index (χ0n) is 8.58. The third kappa shape index (κ3) is 2.94. The van der Waals surface area contributed by atoms with Crippen LogP contribution in [0, 0.1) is 0 Å². The molecule has 2 rings (SSSR count). The topological polar surface area (TPSA) is 38.3 Å². The Morgan fingerprint density at radius 2 is 2.20 bits per heavy atom. The van der Waals surface area contributed by atoms with E-state index in [0.29, 0.717) is 5.75 Å². The fourth-order valence-electron chi connectivity index (χ4n) is 1.69. The molecule has 0 saturated carbocycles. The van der Waals surface area contributed by atoms with Gasteiger partial charge in [-0.05, 0) is 36.2 Å². The number of nitrogens with one attached hydrogen (secondary N) is 1. The Balaban J connectivity index is 0.00000112. The molecule has 4 heteroatoms. The molecule has 15 heavy (non-hydrogen) atoms. The number of fused-ring (bicyclic) bond motifs is 1. The molecule has 1 aliphatic heterocycles. The van der Waals surface area contributed by atoms with Crippen LogP contribution in [0.4, 0.5) is 0 Å². The largest absolute Gasteiger partial charge is 0.427 e. The molecule has 0 bridgehead atoms. The Morgan fingerprint density at radius 3 is 2.93 bits per heavy atom.